The van der Waals surface area contributed by atoms with Crippen LogP contribution in [-0.4, -0.2) is 18.2 Å². The van der Waals surface area contributed by atoms with Crippen molar-refractivity contribution in [3.05, 3.63) is 40.1 Å². The van der Waals surface area contributed by atoms with Gasteiger partial charge in [-0.1, -0.05) is 15.9 Å². The van der Waals surface area contributed by atoms with Gasteiger partial charge in [0.1, 0.15) is 4.90 Å². The Morgan fingerprint density at radius 2 is 1.78 bits per heavy atom. The number of benzene rings is 1. The van der Waals surface area contributed by atoms with E-state index in [0.717, 1.165) is 10.2 Å². The maximum atomic E-state index is 11.5. The Balaban J connectivity index is 2.65. The first-order chi connectivity index (χ1) is 8.30. The monoisotopic (exact) mass is 348 g/mol. The Bertz CT molecular complexity index is 693. The van der Waals surface area contributed by atoms with Gasteiger partial charge in [0.2, 0.25) is 0 Å². The van der Waals surface area contributed by atoms with Gasteiger partial charge in [-0.25, -0.2) is 13.1 Å². The molecule has 1 aromatic carbocycles. The van der Waals surface area contributed by atoms with E-state index in [-0.39, 0.29) is 4.90 Å². The first-order valence-electron chi connectivity index (χ1n) is 5.07. The normalized spacial score (nSPS) is 11.8. The van der Waals surface area contributed by atoms with Gasteiger partial charge in [0.05, 0.1) is 17.1 Å². The fraction of sp³-hybridized carbons (Fsp3) is 0.182. The van der Waals surface area contributed by atoms with Gasteiger partial charge >= 0.3 is 0 Å². The summed E-state index contributed by atoms with van der Waals surface area (Å²) >= 11 is 3.34. The van der Waals surface area contributed by atoms with Gasteiger partial charge in [0, 0.05) is 15.2 Å². The standard InChI is InChI=1S/C11H10BrClN2O2S/c1-7-11(18(13,16)17)8(2)15(14-7)10-5-3-9(12)4-6-10/h3-6H,1-2H3. The summed E-state index contributed by atoms with van der Waals surface area (Å²) in [5, 5.41) is 4.21. The quantitative estimate of drug-likeness (QED) is 0.783. The molecular formula is C11H10BrClN2O2S. The second kappa shape index (κ2) is 4.68. The molecule has 4 nitrogen and oxygen atoms in total. The van der Waals surface area contributed by atoms with E-state index in [4.69, 9.17) is 10.7 Å². The van der Waals surface area contributed by atoms with Crippen molar-refractivity contribution in [3.8, 4) is 5.69 Å². The molecule has 0 N–H and O–H groups in total. The van der Waals surface area contributed by atoms with Crippen LogP contribution >= 0.6 is 26.6 Å². The molecule has 0 saturated carbocycles. The van der Waals surface area contributed by atoms with E-state index >= 15 is 0 Å². The fourth-order valence-corrected chi connectivity index (χ4v) is 3.58. The highest BCUT2D eigenvalue weighted by molar-refractivity contribution is 9.10. The number of hydrogen-bond donors (Lipinski definition) is 0. The molecule has 0 saturated heterocycles. The van der Waals surface area contributed by atoms with Crippen LogP contribution in [0.15, 0.2) is 33.6 Å². The fourth-order valence-electron chi connectivity index (χ4n) is 1.81. The minimum Gasteiger partial charge on any atom is -0.236 e. The lowest BCUT2D eigenvalue weighted by atomic mass is 10.3. The molecular weight excluding hydrogens is 340 g/mol. The van der Waals surface area contributed by atoms with E-state index in [0.29, 0.717) is 11.4 Å². The van der Waals surface area contributed by atoms with Crippen molar-refractivity contribution in [1.82, 2.24) is 9.78 Å². The first-order valence-corrected chi connectivity index (χ1v) is 8.18. The van der Waals surface area contributed by atoms with Gasteiger partial charge in [-0.2, -0.15) is 5.10 Å². The summed E-state index contributed by atoms with van der Waals surface area (Å²) in [6.07, 6.45) is 0. The lowest BCUT2D eigenvalue weighted by molar-refractivity contribution is 0.608. The van der Waals surface area contributed by atoms with Gasteiger partial charge in [-0.05, 0) is 38.1 Å². The van der Waals surface area contributed by atoms with Gasteiger partial charge in [0.15, 0.2) is 0 Å². The maximum Gasteiger partial charge on any atom is 0.264 e. The summed E-state index contributed by atoms with van der Waals surface area (Å²) in [5.41, 5.74) is 1.68. The van der Waals surface area contributed by atoms with Crippen LogP contribution in [-0.2, 0) is 9.05 Å². The van der Waals surface area contributed by atoms with Crippen molar-refractivity contribution in [1.29, 1.82) is 0 Å². The number of rotatable bonds is 2. The van der Waals surface area contributed by atoms with Gasteiger partial charge < -0.3 is 0 Å². The maximum absolute atomic E-state index is 11.5. The number of hydrogen-bond acceptors (Lipinski definition) is 3. The summed E-state index contributed by atoms with van der Waals surface area (Å²) in [6.45, 7) is 3.30. The number of halogens is 2. The van der Waals surface area contributed by atoms with Crippen LogP contribution in [0.25, 0.3) is 5.69 Å². The lowest BCUT2D eigenvalue weighted by Gasteiger charge is -2.04. The molecule has 96 valence electrons. The molecule has 1 aromatic heterocycles. The summed E-state index contributed by atoms with van der Waals surface area (Å²) in [7, 11) is 1.63. The second-order valence-corrected chi connectivity index (χ2v) is 7.24. The Labute approximate surface area is 118 Å². The third-order valence-corrected chi connectivity index (χ3v) is 4.61. The molecule has 0 aliphatic carbocycles. The molecule has 0 unspecified atom stereocenters. The summed E-state index contributed by atoms with van der Waals surface area (Å²) < 4.78 is 25.5. The zero-order chi connectivity index (χ0) is 13.5. The van der Waals surface area contributed by atoms with Crippen LogP contribution in [0.4, 0.5) is 0 Å². The van der Waals surface area contributed by atoms with E-state index in [1.54, 1.807) is 18.5 Å². The first kappa shape index (κ1) is 13.6. The van der Waals surface area contributed by atoms with Crippen LogP contribution in [0.2, 0.25) is 0 Å². The van der Waals surface area contributed by atoms with Crippen LogP contribution < -0.4 is 0 Å². The number of aromatic nitrogens is 2. The van der Waals surface area contributed by atoms with Crippen molar-refractivity contribution < 1.29 is 8.42 Å². The van der Waals surface area contributed by atoms with Crippen molar-refractivity contribution in [2.75, 3.05) is 0 Å². The van der Waals surface area contributed by atoms with E-state index in [1.165, 1.54) is 0 Å². The van der Waals surface area contributed by atoms with Gasteiger partial charge in [-0.3, -0.25) is 0 Å². The second-order valence-electron chi connectivity index (χ2n) is 3.83. The van der Waals surface area contributed by atoms with Crippen LogP contribution in [0, 0.1) is 13.8 Å². The summed E-state index contributed by atoms with van der Waals surface area (Å²) in [5.74, 6) is 0. The minimum absolute atomic E-state index is 0.0760. The van der Waals surface area contributed by atoms with Crippen molar-refractivity contribution in [2.45, 2.75) is 18.7 Å². The Morgan fingerprint density at radius 1 is 1.22 bits per heavy atom. The third-order valence-electron chi connectivity index (χ3n) is 2.54. The average molecular weight is 350 g/mol. The van der Waals surface area contributed by atoms with Crippen LogP contribution in [0.5, 0.6) is 0 Å². The molecule has 1 heterocycles. The molecule has 0 atom stereocenters. The summed E-state index contributed by atoms with van der Waals surface area (Å²) in [6, 6.07) is 7.41. The Kier molecular flexibility index (Phi) is 3.53. The van der Waals surface area contributed by atoms with E-state index < -0.39 is 9.05 Å². The lowest BCUT2D eigenvalue weighted by Crippen LogP contribution is -2.00. The molecule has 7 heteroatoms. The van der Waals surface area contributed by atoms with Gasteiger partial charge in [-0.15, -0.1) is 0 Å². The van der Waals surface area contributed by atoms with Crippen molar-refractivity contribution >= 4 is 35.7 Å². The molecule has 2 rings (SSSR count). The predicted molar refractivity (Wildman–Crippen MR) is 73.8 cm³/mol. The minimum atomic E-state index is -3.78. The van der Waals surface area contributed by atoms with E-state index in [1.807, 2.05) is 24.3 Å². The highest BCUT2D eigenvalue weighted by Crippen LogP contribution is 2.25. The molecule has 0 amide bonds. The SMILES string of the molecule is Cc1nn(-c2ccc(Br)cc2)c(C)c1S(=O)(=O)Cl. The average Bonchev–Trinajstić information content (AvgIpc) is 2.54. The molecule has 0 spiro atoms. The summed E-state index contributed by atoms with van der Waals surface area (Å²) in [4.78, 5) is 0.0760. The van der Waals surface area contributed by atoms with E-state index in [2.05, 4.69) is 21.0 Å². The van der Waals surface area contributed by atoms with Crippen LogP contribution in [0.3, 0.4) is 0 Å². The molecule has 0 aliphatic rings. The highest BCUT2D eigenvalue weighted by Gasteiger charge is 2.22. The predicted octanol–water partition coefficient (Wildman–Crippen LogP) is 3.18. The smallest absolute Gasteiger partial charge is 0.236 e. The van der Waals surface area contributed by atoms with Gasteiger partial charge in [0.25, 0.3) is 9.05 Å². The van der Waals surface area contributed by atoms with Crippen LogP contribution in [0.1, 0.15) is 11.4 Å². The topological polar surface area (TPSA) is 52.0 Å². The Morgan fingerprint density at radius 3 is 2.22 bits per heavy atom. The molecule has 0 bridgehead atoms. The third kappa shape index (κ3) is 2.46. The molecule has 2 aromatic rings. The largest absolute Gasteiger partial charge is 0.264 e. The van der Waals surface area contributed by atoms with E-state index in [9.17, 15) is 8.42 Å². The molecule has 18 heavy (non-hydrogen) atoms. The molecule has 0 radical (unpaired) electrons. The number of nitrogens with zero attached hydrogens (tertiary/aromatic N) is 2. The zero-order valence-electron chi connectivity index (χ0n) is 9.68. The van der Waals surface area contributed by atoms with Crippen molar-refractivity contribution in [2.24, 2.45) is 0 Å². The molecule has 0 aliphatic heterocycles. The Hall–Kier alpha value is -0.850. The number of aryl methyl sites for hydroxylation is 1. The molecule has 0 fully saturated rings. The van der Waals surface area contributed by atoms with Crippen molar-refractivity contribution in [3.63, 3.8) is 0 Å². The highest BCUT2D eigenvalue weighted by atomic mass is 79.9. The zero-order valence-corrected chi connectivity index (χ0v) is 12.8.